The van der Waals surface area contributed by atoms with Crippen LogP contribution in [0.25, 0.3) is 11.1 Å². The van der Waals surface area contributed by atoms with Crippen LogP contribution in [-0.4, -0.2) is 18.7 Å². The summed E-state index contributed by atoms with van der Waals surface area (Å²) in [6.07, 6.45) is -4.96. The number of fused-ring (bicyclic) bond motifs is 1. The zero-order chi connectivity index (χ0) is 21.8. The molecule has 0 saturated heterocycles. The first-order chi connectivity index (χ1) is 14.9. The van der Waals surface area contributed by atoms with E-state index in [0.29, 0.717) is 17.7 Å². The van der Waals surface area contributed by atoms with Crippen LogP contribution in [0, 0.1) is 0 Å². The Morgan fingerprint density at radius 1 is 0.968 bits per heavy atom. The Labute approximate surface area is 177 Å². The van der Waals surface area contributed by atoms with Crippen molar-refractivity contribution in [3.05, 3.63) is 89.5 Å². The van der Waals surface area contributed by atoms with Gasteiger partial charge in [0.2, 0.25) is 0 Å². The highest BCUT2D eigenvalue weighted by Gasteiger charge is 2.35. The molecule has 1 aliphatic rings. The molecule has 1 atom stereocenters. The zero-order valence-electron chi connectivity index (χ0n) is 16.5. The third-order valence-corrected chi connectivity index (χ3v) is 5.04. The van der Waals surface area contributed by atoms with Gasteiger partial charge in [0.05, 0.1) is 12.1 Å². The molecular weight excluding hydrogens is 407 g/mol. The molecule has 0 aromatic heterocycles. The summed E-state index contributed by atoms with van der Waals surface area (Å²) in [6.45, 7) is 0.333. The molecule has 3 aromatic rings. The molecule has 7 heteroatoms. The van der Waals surface area contributed by atoms with Gasteiger partial charge in [0.1, 0.15) is 18.5 Å². The van der Waals surface area contributed by atoms with Gasteiger partial charge in [-0.3, -0.25) is 0 Å². The van der Waals surface area contributed by atoms with E-state index in [1.807, 2.05) is 36.4 Å². The molecule has 31 heavy (non-hydrogen) atoms. The Hall–Kier alpha value is -3.48. The van der Waals surface area contributed by atoms with Crippen LogP contribution in [0.5, 0.6) is 5.75 Å². The predicted octanol–water partition coefficient (Wildman–Crippen LogP) is 5.60. The van der Waals surface area contributed by atoms with Crippen LogP contribution in [0.2, 0.25) is 0 Å². The van der Waals surface area contributed by atoms with Gasteiger partial charge < -0.3 is 14.8 Å². The molecule has 0 spiro atoms. The van der Waals surface area contributed by atoms with Gasteiger partial charge in [0.25, 0.3) is 0 Å². The highest BCUT2D eigenvalue weighted by molar-refractivity contribution is 5.76. The Kier molecular flexibility index (Phi) is 5.84. The van der Waals surface area contributed by atoms with E-state index in [4.69, 9.17) is 9.47 Å². The summed E-state index contributed by atoms with van der Waals surface area (Å²) in [5, 5.41) is 2.66. The molecule has 0 radical (unpaired) electrons. The van der Waals surface area contributed by atoms with Crippen molar-refractivity contribution in [2.75, 3.05) is 6.54 Å². The average molecular weight is 427 g/mol. The Balaban J connectivity index is 1.42. The van der Waals surface area contributed by atoms with Crippen molar-refractivity contribution >= 4 is 6.09 Å². The topological polar surface area (TPSA) is 47.6 Å². The second-order valence-corrected chi connectivity index (χ2v) is 7.22. The van der Waals surface area contributed by atoms with Crippen molar-refractivity contribution < 1.29 is 27.4 Å². The maximum Gasteiger partial charge on any atom is 0.417 e. The first-order valence-electron chi connectivity index (χ1n) is 9.81. The fourth-order valence-electron chi connectivity index (χ4n) is 3.60. The van der Waals surface area contributed by atoms with Gasteiger partial charge in [-0.25, -0.2) is 4.79 Å². The number of halogens is 3. The molecule has 0 fully saturated rings. The van der Waals surface area contributed by atoms with Gasteiger partial charge in [-0.15, -0.1) is 0 Å². The van der Waals surface area contributed by atoms with Crippen molar-refractivity contribution in [1.29, 1.82) is 0 Å². The molecule has 1 N–H and O–H groups in total. The van der Waals surface area contributed by atoms with E-state index in [9.17, 15) is 18.0 Å². The number of amides is 1. The van der Waals surface area contributed by atoms with Crippen LogP contribution in [-0.2, 0) is 23.9 Å². The number of carbonyl (C=O) groups is 1. The maximum absolute atomic E-state index is 13.5. The molecule has 4 rings (SSSR count). The quantitative estimate of drug-likeness (QED) is 0.576. The number of para-hydroxylation sites is 1. The number of benzene rings is 3. The fraction of sp³-hybridized carbons (Fsp3) is 0.208. The van der Waals surface area contributed by atoms with Crippen molar-refractivity contribution in [2.45, 2.75) is 25.3 Å². The number of hydrogen-bond donors (Lipinski definition) is 1. The number of hydrogen-bond acceptors (Lipinski definition) is 3. The SMILES string of the molecule is O=C(NCC1Cc2cccc(-c3ccccc3C(F)(F)F)c2O1)OCc1ccccc1. The van der Waals surface area contributed by atoms with Gasteiger partial charge in [0, 0.05) is 12.0 Å². The lowest BCUT2D eigenvalue weighted by atomic mass is 9.96. The minimum Gasteiger partial charge on any atom is -0.487 e. The van der Waals surface area contributed by atoms with E-state index in [1.54, 1.807) is 18.2 Å². The predicted molar refractivity (Wildman–Crippen MR) is 110 cm³/mol. The summed E-state index contributed by atoms with van der Waals surface area (Å²) >= 11 is 0. The zero-order valence-corrected chi connectivity index (χ0v) is 16.5. The summed E-state index contributed by atoms with van der Waals surface area (Å²) < 4.78 is 51.5. The van der Waals surface area contributed by atoms with Crippen molar-refractivity contribution in [2.24, 2.45) is 0 Å². The van der Waals surface area contributed by atoms with Gasteiger partial charge >= 0.3 is 12.3 Å². The number of alkyl halides is 3. The molecule has 1 aliphatic heterocycles. The van der Waals surface area contributed by atoms with Crippen LogP contribution in [0.1, 0.15) is 16.7 Å². The molecule has 160 valence electrons. The van der Waals surface area contributed by atoms with Crippen LogP contribution in [0.3, 0.4) is 0 Å². The summed E-state index contributed by atoms with van der Waals surface area (Å²) in [4.78, 5) is 12.0. The number of ether oxygens (including phenoxy) is 2. The van der Waals surface area contributed by atoms with Crippen molar-refractivity contribution in [3.8, 4) is 16.9 Å². The number of carbonyl (C=O) groups excluding carboxylic acids is 1. The molecule has 0 saturated carbocycles. The average Bonchev–Trinajstić information content (AvgIpc) is 3.19. The summed E-state index contributed by atoms with van der Waals surface area (Å²) in [5.74, 6) is 0.420. The molecule has 3 aromatic carbocycles. The van der Waals surface area contributed by atoms with Gasteiger partial charge in [0.15, 0.2) is 0 Å². The third kappa shape index (κ3) is 4.82. The Bertz CT molecular complexity index is 1070. The smallest absolute Gasteiger partial charge is 0.417 e. The summed E-state index contributed by atoms with van der Waals surface area (Å²) in [5.41, 5.74) is 1.43. The van der Waals surface area contributed by atoms with E-state index in [-0.39, 0.29) is 18.7 Å². The molecule has 0 bridgehead atoms. The Morgan fingerprint density at radius 2 is 1.68 bits per heavy atom. The van der Waals surface area contributed by atoms with Crippen LogP contribution >= 0.6 is 0 Å². The molecule has 1 heterocycles. The maximum atomic E-state index is 13.5. The molecule has 4 nitrogen and oxygen atoms in total. The van der Waals surface area contributed by atoms with Crippen LogP contribution in [0.4, 0.5) is 18.0 Å². The highest BCUT2D eigenvalue weighted by Crippen LogP contribution is 2.43. The highest BCUT2D eigenvalue weighted by atomic mass is 19.4. The van der Waals surface area contributed by atoms with E-state index in [0.717, 1.165) is 17.2 Å². The van der Waals surface area contributed by atoms with E-state index >= 15 is 0 Å². The van der Waals surface area contributed by atoms with Crippen LogP contribution < -0.4 is 10.1 Å². The first kappa shape index (κ1) is 20.8. The number of alkyl carbamates (subject to hydrolysis) is 1. The number of nitrogens with one attached hydrogen (secondary N) is 1. The van der Waals surface area contributed by atoms with E-state index in [2.05, 4.69) is 5.32 Å². The molecule has 0 aliphatic carbocycles. The van der Waals surface area contributed by atoms with E-state index in [1.165, 1.54) is 12.1 Å². The standard InChI is InChI=1S/C24H20F3NO3/c25-24(26,27)21-12-5-4-10-19(21)20-11-6-9-17-13-18(31-22(17)20)14-28-23(29)30-15-16-7-2-1-3-8-16/h1-12,18H,13-15H2,(H,28,29). The van der Waals surface area contributed by atoms with Crippen LogP contribution in [0.15, 0.2) is 72.8 Å². The monoisotopic (exact) mass is 427 g/mol. The molecule has 1 unspecified atom stereocenters. The van der Waals surface area contributed by atoms with Gasteiger partial charge in [-0.1, -0.05) is 66.7 Å². The van der Waals surface area contributed by atoms with Gasteiger partial charge in [-0.05, 0) is 22.8 Å². The number of rotatable bonds is 5. The van der Waals surface area contributed by atoms with Gasteiger partial charge in [-0.2, -0.15) is 13.2 Å². The van der Waals surface area contributed by atoms with Crippen molar-refractivity contribution in [3.63, 3.8) is 0 Å². The summed E-state index contributed by atoms with van der Waals surface area (Å²) in [7, 11) is 0. The lowest BCUT2D eigenvalue weighted by molar-refractivity contribution is -0.137. The lowest BCUT2D eigenvalue weighted by Crippen LogP contribution is -2.34. The second kappa shape index (κ2) is 8.71. The van der Waals surface area contributed by atoms with Crippen molar-refractivity contribution in [1.82, 2.24) is 5.32 Å². The Morgan fingerprint density at radius 3 is 2.45 bits per heavy atom. The minimum absolute atomic E-state index is 0.0720. The molecule has 1 amide bonds. The largest absolute Gasteiger partial charge is 0.487 e. The first-order valence-corrected chi connectivity index (χ1v) is 9.81. The summed E-state index contributed by atoms with van der Waals surface area (Å²) in [6, 6.07) is 19.9. The third-order valence-electron chi connectivity index (χ3n) is 5.04. The fourth-order valence-corrected chi connectivity index (χ4v) is 3.60. The minimum atomic E-state index is -4.47. The van der Waals surface area contributed by atoms with E-state index < -0.39 is 23.9 Å². The lowest BCUT2D eigenvalue weighted by Gasteiger charge is -2.16. The normalized spacial score (nSPS) is 15.1. The second-order valence-electron chi connectivity index (χ2n) is 7.22. The molecular formula is C24H20F3NO3.